The lowest BCUT2D eigenvalue weighted by Gasteiger charge is -2.39. The third-order valence-corrected chi connectivity index (χ3v) is 3.68. The van der Waals surface area contributed by atoms with Crippen molar-refractivity contribution < 1.29 is 14.3 Å². The molecule has 1 amide bonds. The zero-order chi connectivity index (χ0) is 14.3. The molecule has 106 valence electrons. The maximum Gasteiger partial charge on any atom is 0.407 e. The van der Waals surface area contributed by atoms with Crippen LogP contribution in [0.25, 0.3) is 0 Å². The van der Waals surface area contributed by atoms with E-state index >= 15 is 0 Å². The van der Waals surface area contributed by atoms with Gasteiger partial charge in [-0.15, -0.1) is 0 Å². The van der Waals surface area contributed by atoms with Crippen LogP contribution >= 0.6 is 0 Å². The average molecular weight is 257 g/mol. The normalized spacial score (nSPS) is 11.8. The number of hydrogen-bond donors (Lipinski definition) is 1. The lowest BCUT2D eigenvalue weighted by Crippen LogP contribution is -2.49. The molecule has 0 aliphatic carbocycles. The molecule has 0 aromatic carbocycles. The Morgan fingerprint density at radius 3 is 2.00 bits per heavy atom. The standard InChI is InChI=1S/C14H27NO3/c1-7-8-18-13(17)15-9-14(10(2)3,11(4)5)12(6)16/h10-11H,7-9H2,1-6H3,(H,15,17). The number of ether oxygens (including phenoxy) is 1. The van der Waals surface area contributed by atoms with E-state index in [1.165, 1.54) is 0 Å². The summed E-state index contributed by atoms with van der Waals surface area (Å²) in [7, 11) is 0. The van der Waals surface area contributed by atoms with Crippen LogP contribution in [-0.2, 0) is 9.53 Å². The largest absolute Gasteiger partial charge is 0.450 e. The van der Waals surface area contributed by atoms with E-state index in [4.69, 9.17) is 4.74 Å². The van der Waals surface area contributed by atoms with Crippen molar-refractivity contribution in [3.63, 3.8) is 0 Å². The molecule has 0 aliphatic rings. The van der Waals surface area contributed by atoms with Crippen LogP contribution in [0.5, 0.6) is 0 Å². The molecule has 0 spiro atoms. The second-order valence-corrected chi connectivity index (χ2v) is 5.40. The first kappa shape index (κ1) is 16.9. The van der Waals surface area contributed by atoms with Gasteiger partial charge in [0.25, 0.3) is 0 Å². The highest BCUT2D eigenvalue weighted by atomic mass is 16.5. The van der Waals surface area contributed by atoms with Gasteiger partial charge in [0, 0.05) is 6.54 Å². The van der Waals surface area contributed by atoms with E-state index < -0.39 is 11.5 Å². The molecule has 4 heteroatoms. The highest BCUT2D eigenvalue weighted by Crippen LogP contribution is 2.36. The summed E-state index contributed by atoms with van der Waals surface area (Å²) in [4.78, 5) is 23.5. The molecule has 0 bridgehead atoms. The smallest absolute Gasteiger partial charge is 0.407 e. The molecule has 0 aromatic rings. The molecule has 0 unspecified atom stereocenters. The van der Waals surface area contributed by atoms with Gasteiger partial charge in [-0.2, -0.15) is 0 Å². The summed E-state index contributed by atoms with van der Waals surface area (Å²) in [6, 6.07) is 0. The van der Waals surface area contributed by atoms with Gasteiger partial charge < -0.3 is 10.1 Å². The van der Waals surface area contributed by atoms with Crippen LogP contribution in [0.1, 0.15) is 48.0 Å². The Labute approximate surface area is 110 Å². The topological polar surface area (TPSA) is 55.4 Å². The molecule has 0 fully saturated rings. The van der Waals surface area contributed by atoms with Crippen molar-refractivity contribution in [2.24, 2.45) is 17.3 Å². The molecule has 0 aliphatic heterocycles. The van der Waals surface area contributed by atoms with E-state index in [2.05, 4.69) is 5.32 Å². The van der Waals surface area contributed by atoms with Crippen molar-refractivity contribution in [1.82, 2.24) is 5.32 Å². The zero-order valence-corrected chi connectivity index (χ0v) is 12.5. The van der Waals surface area contributed by atoms with E-state index in [1.54, 1.807) is 6.92 Å². The van der Waals surface area contributed by atoms with Crippen molar-refractivity contribution in [2.75, 3.05) is 13.2 Å². The van der Waals surface area contributed by atoms with Crippen LogP contribution in [0.3, 0.4) is 0 Å². The van der Waals surface area contributed by atoms with Gasteiger partial charge in [-0.3, -0.25) is 4.79 Å². The Morgan fingerprint density at radius 2 is 1.67 bits per heavy atom. The molecule has 0 atom stereocenters. The van der Waals surface area contributed by atoms with Crippen molar-refractivity contribution in [1.29, 1.82) is 0 Å². The van der Waals surface area contributed by atoms with Crippen molar-refractivity contribution in [3.8, 4) is 0 Å². The molecule has 0 heterocycles. The minimum absolute atomic E-state index is 0.114. The molecule has 0 rings (SSSR count). The second kappa shape index (κ2) is 7.39. The van der Waals surface area contributed by atoms with Gasteiger partial charge in [0.15, 0.2) is 0 Å². The summed E-state index contributed by atoms with van der Waals surface area (Å²) in [5.41, 5.74) is -0.523. The van der Waals surface area contributed by atoms with Gasteiger partial charge in [0.2, 0.25) is 0 Å². The van der Waals surface area contributed by atoms with Crippen molar-refractivity contribution in [2.45, 2.75) is 48.0 Å². The lowest BCUT2D eigenvalue weighted by atomic mass is 9.66. The Bertz CT molecular complexity index is 277. The summed E-state index contributed by atoms with van der Waals surface area (Å²) in [6.45, 7) is 12.3. The Morgan fingerprint density at radius 1 is 1.17 bits per heavy atom. The van der Waals surface area contributed by atoms with Crippen LogP contribution in [-0.4, -0.2) is 25.0 Å². The van der Waals surface area contributed by atoms with E-state index in [-0.39, 0.29) is 17.6 Å². The highest BCUT2D eigenvalue weighted by molar-refractivity contribution is 5.84. The maximum atomic E-state index is 12.0. The van der Waals surface area contributed by atoms with Crippen LogP contribution in [0, 0.1) is 17.3 Å². The number of Topliss-reactive ketones (excluding diaryl/α,β-unsaturated/α-hetero) is 1. The number of carbonyl (C=O) groups is 2. The van der Waals surface area contributed by atoms with Crippen molar-refractivity contribution in [3.05, 3.63) is 0 Å². The number of nitrogens with one attached hydrogen (secondary N) is 1. The van der Waals surface area contributed by atoms with Gasteiger partial charge >= 0.3 is 6.09 Å². The number of carbonyl (C=O) groups excluding carboxylic acids is 2. The van der Waals surface area contributed by atoms with Gasteiger partial charge in [0.1, 0.15) is 5.78 Å². The monoisotopic (exact) mass is 257 g/mol. The molecule has 18 heavy (non-hydrogen) atoms. The number of hydrogen-bond acceptors (Lipinski definition) is 3. The number of ketones is 1. The summed E-state index contributed by atoms with van der Waals surface area (Å²) < 4.78 is 4.96. The fourth-order valence-corrected chi connectivity index (χ4v) is 2.48. The SMILES string of the molecule is CCCOC(=O)NCC(C(C)=O)(C(C)C)C(C)C. The molecular weight excluding hydrogens is 230 g/mol. The third kappa shape index (κ3) is 4.00. The van der Waals surface area contributed by atoms with Gasteiger partial charge in [-0.05, 0) is 25.2 Å². The molecule has 4 nitrogen and oxygen atoms in total. The molecule has 0 radical (unpaired) electrons. The van der Waals surface area contributed by atoms with Crippen LogP contribution in [0.2, 0.25) is 0 Å². The Balaban J connectivity index is 4.71. The van der Waals surface area contributed by atoms with Crippen molar-refractivity contribution >= 4 is 11.9 Å². The van der Waals surface area contributed by atoms with E-state index in [1.807, 2.05) is 34.6 Å². The first-order valence-electron chi connectivity index (χ1n) is 6.70. The molecule has 0 saturated carbocycles. The second-order valence-electron chi connectivity index (χ2n) is 5.40. The summed E-state index contributed by atoms with van der Waals surface area (Å²) in [5.74, 6) is 0.450. The first-order valence-corrected chi connectivity index (χ1v) is 6.70. The van der Waals surface area contributed by atoms with E-state index in [9.17, 15) is 9.59 Å². The predicted octanol–water partition coefficient (Wildman–Crippen LogP) is 3.01. The van der Waals surface area contributed by atoms with E-state index in [0.29, 0.717) is 13.2 Å². The van der Waals surface area contributed by atoms with Gasteiger partial charge in [0.05, 0.1) is 12.0 Å². The number of rotatable bonds is 7. The van der Waals surface area contributed by atoms with Gasteiger partial charge in [-0.25, -0.2) is 4.79 Å². The lowest BCUT2D eigenvalue weighted by molar-refractivity contribution is -0.131. The summed E-state index contributed by atoms with van der Waals surface area (Å²) in [5, 5.41) is 2.72. The molecule has 1 N–H and O–H groups in total. The minimum Gasteiger partial charge on any atom is -0.450 e. The predicted molar refractivity (Wildman–Crippen MR) is 72.4 cm³/mol. The fourth-order valence-electron chi connectivity index (χ4n) is 2.48. The molecule has 0 aromatic heterocycles. The van der Waals surface area contributed by atoms with Gasteiger partial charge in [-0.1, -0.05) is 34.6 Å². The maximum absolute atomic E-state index is 12.0. The quantitative estimate of drug-likeness (QED) is 0.762. The zero-order valence-electron chi connectivity index (χ0n) is 12.5. The Kier molecular flexibility index (Phi) is 6.96. The van der Waals surface area contributed by atoms with Crippen LogP contribution < -0.4 is 5.32 Å². The third-order valence-electron chi connectivity index (χ3n) is 3.68. The molecule has 0 saturated heterocycles. The first-order chi connectivity index (χ1) is 8.28. The van der Waals surface area contributed by atoms with Crippen LogP contribution in [0.15, 0.2) is 0 Å². The summed E-state index contributed by atoms with van der Waals surface area (Å²) in [6.07, 6.45) is 0.350. The minimum atomic E-state index is -0.523. The highest BCUT2D eigenvalue weighted by Gasteiger charge is 2.42. The average Bonchev–Trinajstić information content (AvgIpc) is 2.25. The Hall–Kier alpha value is -1.06. The van der Waals surface area contributed by atoms with E-state index in [0.717, 1.165) is 6.42 Å². The number of alkyl carbamates (subject to hydrolysis) is 1. The summed E-state index contributed by atoms with van der Waals surface area (Å²) >= 11 is 0. The number of amides is 1. The fraction of sp³-hybridized carbons (Fsp3) is 0.857. The van der Waals surface area contributed by atoms with Crippen LogP contribution in [0.4, 0.5) is 4.79 Å². The molecular formula is C14H27NO3.